The second-order valence-corrected chi connectivity index (χ2v) is 3.61. The van der Waals surface area contributed by atoms with E-state index in [1.807, 2.05) is 6.92 Å². The van der Waals surface area contributed by atoms with Crippen LogP contribution in [0.2, 0.25) is 0 Å². The molecule has 9 heavy (non-hydrogen) atoms. The molecule has 54 valence electrons. The summed E-state index contributed by atoms with van der Waals surface area (Å²) < 4.78 is 0. The molecular formula is C7H18MgO. The van der Waals surface area contributed by atoms with Crippen molar-refractivity contribution < 1.29 is 7.96 Å². The molecule has 0 rings (SSSR count). The van der Waals surface area contributed by atoms with Gasteiger partial charge in [0.15, 0.2) is 0 Å². The predicted octanol–water partition coefficient (Wildman–Crippen LogP) is 1.65. The van der Waals surface area contributed by atoms with Gasteiger partial charge in [0, 0.05) is 0 Å². The summed E-state index contributed by atoms with van der Waals surface area (Å²) in [6.07, 6.45) is 0.725. The Morgan fingerprint density at radius 2 is 1.78 bits per heavy atom. The summed E-state index contributed by atoms with van der Waals surface area (Å²) in [6, 6.07) is 0. The Bertz CT molecular complexity index is 71.3. The van der Waals surface area contributed by atoms with Crippen molar-refractivity contribution >= 4 is 23.1 Å². The summed E-state index contributed by atoms with van der Waals surface area (Å²) in [5.41, 5.74) is 0.272. The van der Waals surface area contributed by atoms with Gasteiger partial charge in [0.2, 0.25) is 0 Å². The first kappa shape index (κ1) is 12.4. The van der Waals surface area contributed by atoms with E-state index in [-0.39, 0.29) is 37.4 Å². The minimum Gasteiger partial charge on any atom is -1.00 e. The van der Waals surface area contributed by atoms with Gasteiger partial charge < -0.3 is 7.96 Å². The normalized spacial score (nSPS) is 14.3. The summed E-state index contributed by atoms with van der Waals surface area (Å²) in [4.78, 5) is 0. The van der Waals surface area contributed by atoms with Crippen molar-refractivity contribution in [3.05, 3.63) is 0 Å². The zero-order valence-electron chi connectivity index (χ0n) is 8.94. The van der Waals surface area contributed by atoms with E-state index in [0.717, 1.165) is 6.42 Å². The zero-order valence-corrected chi connectivity index (χ0v) is 8.35. The van der Waals surface area contributed by atoms with E-state index >= 15 is 0 Å². The topological polar surface area (TPSA) is 20.2 Å². The molecule has 0 fully saturated rings. The molecule has 0 radical (unpaired) electrons. The van der Waals surface area contributed by atoms with Crippen LogP contribution in [0.3, 0.4) is 0 Å². The van der Waals surface area contributed by atoms with Gasteiger partial charge in [0.25, 0.3) is 0 Å². The molecule has 0 aromatic carbocycles. The fraction of sp³-hybridized carbons (Fsp3) is 1.00. The Balaban J connectivity index is -0.0000000817. The average molecular weight is 143 g/mol. The molecule has 0 spiro atoms. The third-order valence-corrected chi connectivity index (χ3v) is 0.908. The van der Waals surface area contributed by atoms with Gasteiger partial charge in [-0.2, -0.15) is 0 Å². The molecule has 1 N–H and O–H groups in total. The van der Waals surface area contributed by atoms with Crippen LogP contribution in [0.1, 0.15) is 37.0 Å². The van der Waals surface area contributed by atoms with E-state index in [2.05, 4.69) is 20.8 Å². The molecule has 0 saturated heterocycles. The van der Waals surface area contributed by atoms with Crippen molar-refractivity contribution in [3.63, 3.8) is 0 Å². The third kappa shape index (κ3) is 12.0. The molecule has 0 aromatic rings. The van der Waals surface area contributed by atoms with Crippen molar-refractivity contribution in [3.8, 4) is 0 Å². The minimum atomic E-state index is -0.157. The van der Waals surface area contributed by atoms with Crippen LogP contribution in [0.15, 0.2) is 0 Å². The Kier molecular flexibility index (Phi) is 6.24. The number of aliphatic hydroxyl groups excluding tert-OH is 1. The summed E-state index contributed by atoms with van der Waals surface area (Å²) in [5.74, 6) is 0. The van der Waals surface area contributed by atoms with Crippen molar-refractivity contribution in [1.29, 1.82) is 0 Å². The van der Waals surface area contributed by atoms with Crippen molar-refractivity contribution in [2.75, 3.05) is 0 Å². The fourth-order valence-corrected chi connectivity index (χ4v) is 0.886. The van der Waals surface area contributed by atoms with Crippen LogP contribution in [0.4, 0.5) is 0 Å². The Hall–Kier alpha value is 0.726. The molecule has 0 saturated carbocycles. The Morgan fingerprint density at radius 3 is 1.78 bits per heavy atom. The quantitative estimate of drug-likeness (QED) is 0.552. The predicted molar refractivity (Wildman–Crippen MR) is 43.7 cm³/mol. The number of hydrogen-bond donors (Lipinski definition) is 1. The first-order valence-corrected chi connectivity index (χ1v) is 3.10. The van der Waals surface area contributed by atoms with Crippen molar-refractivity contribution in [1.82, 2.24) is 0 Å². The van der Waals surface area contributed by atoms with E-state index in [0.29, 0.717) is 0 Å². The summed E-state index contributed by atoms with van der Waals surface area (Å²) in [7, 11) is 0. The molecule has 0 heterocycles. The van der Waals surface area contributed by atoms with Gasteiger partial charge in [-0.3, -0.25) is 0 Å². The zero-order chi connectivity index (χ0) is 6.78. The molecule has 1 unspecified atom stereocenters. The monoisotopic (exact) mass is 142 g/mol. The van der Waals surface area contributed by atoms with Crippen molar-refractivity contribution in [2.24, 2.45) is 5.41 Å². The van der Waals surface area contributed by atoms with Crippen LogP contribution < -0.4 is 0 Å². The molecule has 0 aliphatic carbocycles. The summed E-state index contributed by atoms with van der Waals surface area (Å²) in [5, 5.41) is 8.89. The molecule has 1 nitrogen and oxygen atoms in total. The summed E-state index contributed by atoms with van der Waals surface area (Å²) >= 11 is 0. The maximum absolute atomic E-state index is 8.89. The SMILES string of the molecule is CC(O)CC(C)(C)C.[H-].[H-].[Mg+2]. The van der Waals surface area contributed by atoms with Crippen LogP contribution >= 0.6 is 0 Å². The molecule has 2 heteroatoms. The minimum absolute atomic E-state index is 0. The van der Waals surface area contributed by atoms with Crippen molar-refractivity contribution in [2.45, 2.75) is 40.2 Å². The summed E-state index contributed by atoms with van der Waals surface area (Å²) in [6.45, 7) is 8.20. The third-order valence-electron chi connectivity index (χ3n) is 0.908. The van der Waals surface area contributed by atoms with Crippen LogP contribution in [0, 0.1) is 5.41 Å². The standard InChI is InChI=1S/C7H16O.Mg.2H/c1-6(8)5-7(2,3)4;;;/h6,8H,5H2,1-4H3;;;/q;+2;2*-1. The maximum atomic E-state index is 8.89. The number of hydrogen-bond acceptors (Lipinski definition) is 1. The van der Waals surface area contributed by atoms with Gasteiger partial charge in [-0.05, 0) is 18.8 Å². The van der Waals surface area contributed by atoms with Gasteiger partial charge in [0.05, 0.1) is 6.10 Å². The van der Waals surface area contributed by atoms with E-state index in [1.165, 1.54) is 0 Å². The first-order chi connectivity index (χ1) is 3.42. The molecule has 0 aliphatic heterocycles. The molecule has 0 bridgehead atoms. The molecule has 0 amide bonds. The maximum Gasteiger partial charge on any atom is 2.00 e. The largest absolute Gasteiger partial charge is 2.00 e. The van der Waals surface area contributed by atoms with Crippen LogP contribution in [0.5, 0.6) is 0 Å². The number of rotatable bonds is 1. The van der Waals surface area contributed by atoms with Gasteiger partial charge in [-0.1, -0.05) is 20.8 Å². The second kappa shape index (κ2) is 4.53. The van der Waals surface area contributed by atoms with E-state index in [4.69, 9.17) is 5.11 Å². The van der Waals surface area contributed by atoms with Gasteiger partial charge in [0.1, 0.15) is 0 Å². The second-order valence-electron chi connectivity index (χ2n) is 3.61. The Labute approximate surface area is 77.0 Å². The van der Waals surface area contributed by atoms with E-state index in [1.54, 1.807) is 0 Å². The molecular weight excluding hydrogens is 124 g/mol. The molecule has 0 aromatic heterocycles. The van der Waals surface area contributed by atoms with Gasteiger partial charge in [-0.15, -0.1) is 0 Å². The van der Waals surface area contributed by atoms with Crippen LogP contribution in [0.25, 0.3) is 0 Å². The fourth-order valence-electron chi connectivity index (χ4n) is 0.886. The Morgan fingerprint density at radius 1 is 1.44 bits per heavy atom. The molecule has 1 atom stereocenters. The average Bonchev–Trinajstić information content (AvgIpc) is 1.21. The van der Waals surface area contributed by atoms with Gasteiger partial charge >= 0.3 is 23.1 Å². The van der Waals surface area contributed by atoms with Gasteiger partial charge in [-0.25, -0.2) is 0 Å². The molecule has 0 aliphatic rings. The number of aliphatic hydroxyl groups is 1. The first-order valence-electron chi connectivity index (χ1n) is 3.10. The smallest absolute Gasteiger partial charge is 1.00 e. The van der Waals surface area contributed by atoms with Crippen LogP contribution in [-0.4, -0.2) is 34.3 Å². The van der Waals surface area contributed by atoms with Crippen LogP contribution in [-0.2, 0) is 0 Å². The van der Waals surface area contributed by atoms with E-state index in [9.17, 15) is 0 Å². The van der Waals surface area contributed by atoms with E-state index < -0.39 is 0 Å².